The third-order valence-electron chi connectivity index (χ3n) is 6.55. The van der Waals surface area contributed by atoms with E-state index in [4.69, 9.17) is 20.4 Å². The minimum atomic E-state index is -4.75. The van der Waals surface area contributed by atoms with Gasteiger partial charge in [0.15, 0.2) is 17.7 Å². The van der Waals surface area contributed by atoms with Gasteiger partial charge in [0.25, 0.3) is 5.91 Å². The number of ether oxygens (including phenoxy) is 1. The summed E-state index contributed by atoms with van der Waals surface area (Å²) in [4.78, 5) is 39.9. The summed E-state index contributed by atoms with van der Waals surface area (Å²) in [6.45, 7) is -1.19. The monoisotopic (exact) mass is 589 g/mol. The Hall–Kier alpha value is -4.20. The van der Waals surface area contributed by atoms with Crippen molar-refractivity contribution in [3.05, 3.63) is 48.7 Å². The van der Waals surface area contributed by atoms with E-state index in [0.29, 0.717) is 5.56 Å². The lowest BCUT2D eigenvalue weighted by Gasteiger charge is -2.19. The van der Waals surface area contributed by atoms with Crippen molar-refractivity contribution >= 4 is 50.0 Å². The van der Waals surface area contributed by atoms with E-state index >= 15 is 0 Å². The summed E-state index contributed by atoms with van der Waals surface area (Å²) >= 11 is 0. The van der Waals surface area contributed by atoms with Gasteiger partial charge in [-0.2, -0.15) is 8.42 Å². The summed E-state index contributed by atoms with van der Waals surface area (Å²) in [5.74, 6) is -1.66. The van der Waals surface area contributed by atoms with Crippen molar-refractivity contribution in [1.82, 2.24) is 34.5 Å². The number of hydrogen-bond acceptors (Lipinski definition) is 13. The zero-order valence-corrected chi connectivity index (χ0v) is 22.1. The smallest absolute Gasteiger partial charge is 0.362 e. The quantitative estimate of drug-likeness (QED) is 0.102. The summed E-state index contributed by atoms with van der Waals surface area (Å²) in [5, 5.41) is 24.2. The first-order chi connectivity index (χ1) is 19.6. The van der Waals surface area contributed by atoms with Gasteiger partial charge in [-0.15, -0.1) is 0 Å². The maximum absolute atomic E-state index is 13.0. The molecule has 0 bridgehead atoms. The van der Waals surface area contributed by atoms with Gasteiger partial charge < -0.3 is 36.7 Å². The zero-order chi connectivity index (χ0) is 29.3. The Bertz CT molecular complexity index is 1690. The van der Waals surface area contributed by atoms with Crippen molar-refractivity contribution in [3.63, 3.8) is 0 Å². The van der Waals surface area contributed by atoms with Crippen LogP contribution >= 0.6 is 0 Å². The molecule has 17 nitrogen and oxygen atoms in total. The Morgan fingerprint density at radius 1 is 1.20 bits per heavy atom. The highest BCUT2D eigenvalue weighted by atomic mass is 32.2. The number of aliphatic hydroxyl groups excluding tert-OH is 2. The standard InChI is InChI=1S/C23H27N9O8S/c24-6-16(33)30-14(5-11-7-26-13-4-2-1-3-12(11)13)22(36)31-41(37,38)39-8-15-18(34)19(35)23(40-15)32-10-29-17-20(25)27-9-28-21(17)32/h1-4,7,9-10,14-15,18-19,23,26,34-35H,5-6,8,24H2,(H,30,33)(H,31,36)(H2,25,27,28)/t14-,15+,18+,19+,23+/m0/s1. The Labute approximate surface area is 232 Å². The predicted octanol–water partition coefficient (Wildman–Crippen LogP) is -2.43. The second-order valence-corrected chi connectivity index (χ2v) is 10.6. The molecule has 2 amide bonds. The van der Waals surface area contributed by atoms with E-state index in [0.717, 1.165) is 10.9 Å². The molecule has 0 aliphatic carbocycles. The number of aromatic nitrogens is 5. The molecule has 41 heavy (non-hydrogen) atoms. The van der Waals surface area contributed by atoms with E-state index in [2.05, 4.69) is 25.3 Å². The second-order valence-electron chi connectivity index (χ2n) is 9.22. The van der Waals surface area contributed by atoms with Gasteiger partial charge in [-0.1, -0.05) is 18.2 Å². The number of nitrogens with two attached hydrogens (primary N) is 2. The fourth-order valence-corrected chi connectivity index (χ4v) is 5.28. The molecule has 1 aliphatic rings. The molecule has 18 heteroatoms. The molecule has 9 N–H and O–H groups in total. The number of imidazole rings is 1. The van der Waals surface area contributed by atoms with Crippen LogP contribution in [0.1, 0.15) is 11.8 Å². The molecule has 218 valence electrons. The van der Waals surface area contributed by atoms with E-state index in [9.17, 15) is 28.2 Å². The predicted molar refractivity (Wildman–Crippen MR) is 142 cm³/mol. The van der Waals surface area contributed by atoms with Crippen LogP contribution in [0.5, 0.6) is 0 Å². The molecular formula is C23H27N9O8S. The van der Waals surface area contributed by atoms with Crippen LogP contribution in [-0.2, 0) is 35.2 Å². The first kappa shape index (κ1) is 28.3. The van der Waals surface area contributed by atoms with Crippen molar-refractivity contribution < 1.29 is 37.1 Å². The van der Waals surface area contributed by atoms with E-state index in [1.54, 1.807) is 17.0 Å². The van der Waals surface area contributed by atoms with Gasteiger partial charge >= 0.3 is 10.3 Å². The minimum absolute atomic E-state index is 0.0532. The highest BCUT2D eigenvalue weighted by Crippen LogP contribution is 2.32. The molecule has 1 fully saturated rings. The number of nitrogens with one attached hydrogen (secondary N) is 3. The van der Waals surface area contributed by atoms with Crippen LogP contribution in [-0.4, -0.2) is 92.5 Å². The second kappa shape index (κ2) is 11.4. The van der Waals surface area contributed by atoms with Crippen LogP contribution in [0.3, 0.4) is 0 Å². The van der Waals surface area contributed by atoms with Crippen LogP contribution in [0, 0.1) is 0 Å². The molecule has 0 spiro atoms. The number of rotatable bonds is 10. The molecular weight excluding hydrogens is 562 g/mol. The number of hydrogen-bond donors (Lipinski definition) is 7. The molecule has 5 rings (SSSR count). The molecule has 5 atom stereocenters. The van der Waals surface area contributed by atoms with Crippen molar-refractivity contribution in [3.8, 4) is 0 Å². The Balaban J connectivity index is 1.25. The van der Waals surface area contributed by atoms with Crippen molar-refractivity contribution in [2.75, 3.05) is 18.9 Å². The van der Waals surface area contributed by atoms with Gasteiger partial charge in [0.1, 0.15) is 36.2 Å². The van der Waals surface area contributed by atoms with Gasteiger partial charge in [0.2, 0.25) is 5.91 Å². The fraction of sp³-hybridized carbons (Fsp3) is 0.348. The molecule has 4 aromatic rings. The first-order valence-corrected chi connectivity index (χ1v) is 13.7. The number of anilines is 1. The molecule has 0 saturated carbocycles. The number of para-hydroxylation sites is 1. The number of aromatic amines is 1. The van der Waals surface area contributed by atoms with Crippen molar-refractivity contribution in [2.24, 2.45) is 5.73 Å². The van der Waals surface area contributed by atoms with Gasteiger partial charge in [0.05, 0.1) is 19.5 Å². The number of aliphatic hydroxyl groups is 2. The number of carbonyl (C=O) groups excluding carboxylic acids is 2. The average Bonchev–Trinajstić information content (AvgIpc) is 3.64. The lowest BCUT2D eigenvalue weighted by molar-refractivity contribution is -0.127. The Morgan fingerprint density at radius 3 is 2.76 bits per heavy atom. The van der Waals surface area contributed by atoms with Gasteiger partial charge in [-0.3, -0.25) is 18.3 Å². The highest BCUT2D eigenvalue weighted by Gasteiger charge is 2.45. The molecule has 1 saturated heterocycles. The van der Waals surface area contributed by atoms with Crippen LogP contribution in [0.2, 0.25) is 0 Å². The van der Waals surface area contributed by atoms with E-state index < -0.39 is 65.9 Å². The normalized spacial score (nSPS) is 21.7. The number of fused-ring (bicyclic) bond motifs is 2. The molecule has 3 aromatic heterocycles. The van der Waals surface area contributed by atoms with Crippen molar-refractivity contribution in [2.45, 2.75) is 37.0 Å². The summed E-state index contributed by atoms with van der Waals surface area (Å²) in [7, 11) is -4.75. The number of amides is 2. The molecule has 1 aromatic carbocycles. The summed E-state index contributed by atoms with van der Waals surface area (Å²) in [6.07, 6.45) is -1.55. The number of nitrogens with zero attached hydrogens (tertiary/aromatic N) is 4. The number of benzene rings is 1. The number of nitrogen functional groups attached to an aromatic ring is 1. The Morgan fingerprint density at radius 2 is 1.98 bits per heavy atom. The van der Waals surface area contributed by atoms with E-state index in [1.165, 1.54) is 17.2 Å². The molecule has 1 aliphatic heterocycles. The maximum Gasteiger partial charge on any atom is 0.362 e. The zero-order valence-electron chi connectivity index (χ0n) is 21.2. The van der Waals surface area contributed by atoms with E-state index in [-0.39, 0.29) is 23.4 Å². The van der Waals surface area contributed by atoms with Gasteiger partial charge in [-0.25, -0.2) is 19.7 Å². The topological polar surface area (TPSA) is 263 Å². The minimum Gasteiger partial charge on any atom is -0.387 e. The van der Waals surface area contributed by atoms with Gasteiger partial charge in [0, 0.05) is 23.5 Å². The molecule has 0 radical (unpaired) electrons. The summed E-state index contributed by atoms with van der Waals surface area (Å²) < 4.78 is 38.9. The third kappa shape index (κ3) is 5.82. The summed E-state index contributed by atoms with van der Waals surface area (Å²) in [6, 6.07) is 5.94. The van der Waals surface area contributed by atoms with Crippen LogP contribution in [0.15, 0.2) is 43.1 Å². The number of H-pyrrole nitrogens is 1. The van der Waals surface area contributed by atoms with E-state index in [1.807, 2.05) is 18.2 Å². The summed E-state index contributed by atoms with van der Waals surface area (Å²) in [5.41, 5.74) is 13.0. The lowest BCUT2D eigenvalue weighted by atomic mass is 10.0. The molecule has 0 unspecified atom stereocenters. The Kier molecular flexibility index (Phi) is 7.84. The van der Waals surface area contributed by atoms with Crippen molar-refractivity contribution in [1.29, 1.82) is 0 Å². The molecule has 4 heterocycles. The lowest BCUT2D eigenvalue weighted by Crippen LogP contribution is -2.51. The fourth-order valence-electron chi connectivity index (χ4n) is 4.52. The van der Waals surface area contributed by atoms with Crippen LogP contribution < -0.4 is 21.5 Å². The highest BCUT2D eigenvalue weighted by molar-refractivity contribution is 7.85. The largest absolute Gasteiger partial charge is 0.387 e. The van der Waals surface area contributed by atoms with Crippen LogP contribution in [0.4, 0.5) is 5.82 Å². The van der Waals surface area contributed by atoms with Crippen LogP contribution in [0.25, 0.3) is 22.1 Å². The van der Waals surface area contributed by atoms with Gasteiger partial charge in [-0.05, 0) is 11.6 Å². The number of carbonyl (C=O) groups is 2. The third-order valence-corrected chi connectivity index (χ3v) is 7.45. The average molecular weight is 590 g/mol. The first-order valence-electron chi connectivity index (χ1n) is 12.3. The maximum atomic E-state index is 13.0. The SMILES string of the molecule is NCC(=O)N[C@@H](Cc1c[nH]c2ccccc12)C(=O)NS(=O)(=O)OC[C@H]1O[C@@H](n2cnc3c(N)ncnc32)[C@H](O)[C@@H]1O.